The number of unbranched alkanes of at least 4 members (excludes halogenated alkanes) is 1. The fourth-order valence-corrected chi connectivity index (χ4v) is 6.05. The second-order valence-electron chi connectivity index (χ2n) is 11.7. The number of nitrogens with one attached hydrogen (secondary N) is 3. The molecule has 0 saturated heterocycles. The van der Waals surface area contributed by atoms with E-state index in [0.29, 0.717) is 81.8 Å². The maximum atomic E-state index is 13.3. The summed E-state index contributed by atoms with van der Waals surface area (Å²) in [4.78, 5) is 25.5. The molecular weight excluding hydrogens is 690 g/mol. The third-order valence-corrected chi connectivity index (χ3v) is 8.43. The smallest absolute Gasteiger partial charge is 0.340 e. The summed E-state index contributed by atoms with van der Waals surface area (Å²) in [6.07, 6.45) is 6.50. The van der Waals surface area contributed by atoms with Gasteiger partial charge in [-0.25, -0.2) is 4.79 Å². The number of aromatic hydroxyl groups is 2. The van der Waals surface area contributed by atoms with E-state index in [9.17, 15) is 24.9 Å². The van der Waals surface area contributed by atoms with Gasteiger partial charge in [0.2, 0.25) is 0 Å². The minimum atomic E-state index is -1.53. The standard InChI is InChI=1S/C38H35N3O10S/c1-2-3-4-15-39-34(44)23-5-10-27(11-6-23)49-37(46)48-19-18-47-17-16-40-36(52)41-24-7-12-29-28(20-24)35(45)51-38(29)30-13-8-25(42)21-32(30)50-33-22-26(43)9-14-31(33)38/h1,5-14,20-22,37,42-43,46H,3-4,15-19H2,(H,39,44)(H2,40,41,52). The number of terminal acetylenes is 1. The summed E-state index contributed by atoms with van der Waals surface area (Å²) < 4.78 is 28.2. The van der Waals surface area contributed by atoms with Crippen molar-refractivity contribution in [3.63, 3.8) is 0 Å². The molecule has 2 aliphatic heterocycles. The first-order chi connectivity index (χ1) is 25.2. The Balaban J connectivity index is 0.946. The van der Waals surface area contributed by atoms with E-state index in [1.165, 1.54) is 24.3 Å². The van der Waals surface area contributed by atoms with Crippen LogP contribution in [0.15, 0.2) is 78.9 Å². The molecule has 52 heavy (non-hydrogen) atoms. The molecule has 0 aromatic heterocycles. The maximum Gasteiger partial charge on any atom is 0.340 e. The molecule has 2 heterocycles. The number of benzene rings is 4. The molecule has 4 aromatic rings. The quantitative estimate of drug-likeness (QED) is 0.0353. The Kier molecular flexibility index (Phi) is 11.1. The number of fused-ring (bicyclic) bond motifs is 6. The first kappa shape index (κ1) is 36.0. The Morgan fingerprint density at radius 3 is 2.27 bits per heavy atom. The van der Waals surface area contributed by atoms with Gasteiger partial charge in [0.05, 0.1) is 25.4 Å². The minimum absolute atomic E-state index is 0.0265. The van der Waals surface area contributed by atoms with Crippen LogP contribution in [0.5, 0.6) is 28.7 Å². The van der Waals surface area contributed by atoms with E-state index in [4.69, 9.17) is 42.3 Å². The van der Waals surface area contributed by atoms with E-state index in [-0.39, 0.29) is 37.2 Å². The number of esters is 1. The van der Waals surface area contributed by atoms with Gasteiger partial charge in [0.15, 0.2) is 10.7 Å². The van der Waals surface area contributed by atoms with Crippen molar-refractivity contribution in [2.45, 2.75) is 24.9 Å². The van der Waals surface area contributed by atoms with Crippen LogP contribution in [0, 0.1) is 12.3 Å². The molecule has 13 nitrogen and oxygen atoms in total. The largest absolute Gasteiger partial charge is 0.508 e. The number of amides is 1. The SMILES string of the molecule is C#CCCCNC(=O)c1ccc(OC(O)OCCOCCNC(=S)Nc2ccc3c(c2)C(=O)OC32c3ccc(O)cc3Oc3cc(O)ccc32)cc1. The maximum absolute atomic E-state index is 13.3. The van der Waals surface area contributed by atoms with Crippen LogP contribution in [0.2, 0.25) is 0 Å². The molecule has 0 bridgehead atoms. The fourth-order valence-electron chi connectivity index (χ4n) is 5.83. The van der Waals surface area contributed by atoms with Gasteiger partial charge in [0.25, 0.3) is 5.91 Å². The zero-order chi connectivity index (χ0) is 36.7. The van der Waals surface area contributed by atoms with Gasteiger partial charge in [-0.2, -0.15) is 0 Å². The van der Waals surface area contributed by atoms with Crippen LogP contribution in [0.25, 0.3) is 0 Å². The lowest BCUT2D eigenvalue weighted by atomic mass is 9.77. The summed E-state index contributed by atoms with van der Waals surface area (Å²) in [5.41, 5.74) is 1.58. The Morgan fingerprint density at radius 1 is 0.885 bits per heavy atom. The van der Waals surface area contributed by atoms with Gasteiger partial charge in [-0.1, -0.05) is 6.07 Å². The van der Waals surface area contributed by atoms with Crippen LogP contribution in [0.4, 0.5) is 5.69 Å². The Hall–Kier alpha value is -5.85. The van der Waals surface area contributed by atoms with Crippen molar-refractivity contribution >= 4 is 34.9 Å². The number of thiocarbonyl (C=S) groups is 1. The summed E-state index contributed by atoms with van der Waals surface area (Å²) in [6, 6.07) is 20.6. The van der Waals surface area contributed by atoms with E-state index < -0.39 is 18.0 Å². The average molecular weight is 726 g/mol. The van der Waals surface area contributed by atoms with Crippen LogP contribution in [-0.4, -0.2) is 71.7 Å². The first-order valence-corrected chi connectivity index (χ1v) is 16.7. The van der Waals surface area contributed by atoms with Crippen molar-refractivity contribution in [3.05, 3.63) is 107 Å². The summed E-state index contributed by atoms with van der Waals surface area (Å²) in [7, 11) is 0. The van der Waals surface area contributed by atoms with Crippen LogP contribution in [0.1, 0.15) is 50.2 Å². The summed E-state index contributed by atoms with van der Waals surface area (Å²) in [6.45, 7) is -0.182. The molecule has 0 radical (unpaired) electrons. The predicted octanol–water partition coefficient (Wildman–Crippen LogP) is 4.48. The number of phenolic OH excluding ortho intramolecular Hbond substituents is 2. The van der Waals surface area contributed by atoms with Crippen molar-refractivity contribution < 1.29 is 48.6 Å². The highest BCUT2D eigenvalue weighted by Gasteiger charge is 2.53. The van der Waals surface area contributed by atoms with Crippen molar-refractivity contribution in [1.29, 1.82) is 0 Å². The highest BCUT2D eigenvalue weighted by Crippen LogP contribution is 2.57. The molecule has 0 saturated carbocycles. The number of ether oxygens (including phenoxy) is 5. The summed E-state index contributed by atoms with van der Waals surface area (Å²) in [5, 5.41) is 39.4. The van der Waals surface area contributed by atoms with Crippen LogP contribution < -0.4 is 25.4 Å². The number of phenols is 2. The summed E-state index contributed by atoms with van der Waals surface area (Å²) in [5.74, 6) is 2.59. The molecular formula is C38H35N3O10S. The third-order valence-electron chi connectivity index (χ3n) is 8.19. The van der Waals surface area contributed by atoms with Gasteiger partial charge in [-0.3, -0.25) is 4.79 Å². The monoisotopic (exact) mass is 725 g/mol. The molecule has 268 valence electrons. The normalized spacial score (nSPS) is 13.7. The number of aliphatic hydroxyl groups excluding tert-OH is 1. The van der Waals surface area contributed by atoms with Gasteiger partial charge in [0, 0.05) is 59.6 Å². The second-order valence-corrected chi connectivity index (χ2v) is 12.1. The van der Waals surface area contributed by atoms with Crippen molar-refractivity contribution in [2.75, 3.05) is 38.2 Å². The molecule has 1 amide bonds. The van der Waals surface area contributed by atoms with Gasteiger partial charge in [-0.05, 0) is 79.3 Å². The Morgan fingerprint density at radius 2 is 1.58 bits per heavy atom. The topological polar surface area (TPSA) is 177 Å². The van der Waals surface area contributed by atoms with E-state index in [1.807, 2.05) is 0 Å². The minimum Gasteiger partial charge on any atom is -0.508 e. The molecule has 0 aliphatic carbocycles. The zero-order valence-electron chi connectivity index (χ0n) is 27.7. The van der Waals surface area contributed by atoms with E-state index in [0.717, 1.165) is 0 Å². The molecule has 1 atom stereocenters. The van der Waals surface area contributed by atoms with E-state index in [1.54, 1.807) is 54.6 Å². The van der Waals surface area contributed by atoms with Gasteiger partial charge >= 0.3 is 12.4 Å². The average Bonchev–Trinajstić information content (AvgIpc) is 3.40. The fraction of sp³-hybridized carbons (Fsp3) is 0.237. The van der Waals surface area contributed by atoms with Crippen molar-refractivity contribution in [2.24, 2.45) is 0 Å². The molecule has 14 heteroatoms. The molecule has 6 N–H and O–H groups in total. The molecule has 1 unspecified atom stereocenters. The lowest BCUT2D eigenvalue weighted by Crippen LogP contribution is -2.33. The highest BCUT2D eigenvalue weighted by atomic mass is 32.1. The van der Waals surface area contributed by atoms with Crippen molar-refractivity contribution in [3.8, 4) is 41.1 Å². The number of carbonyl (C=O) groups excluding carboxylic acids is 2. The van der Waals surface area contributed by atoms with E-state index >= 15 is 0 Å². The number of carbonyl (C=O) groups is 2. The number of aliphatic hydroxyl groups is 1. The van der Waals surface area contributed by atoms with Crippen LogP contribution >= 0.6 is 12.2 Å². The molecule has 2 aliphatic rings. The number of anilines is 1. The van der Waals surface area contributed by atoms with Crippen LogP contribution in [0.3, 0.4) is 0 Å². The Labute approximate surface area is 304 Å². The third kappa shape index (κ3) is 7.88. The lowest BCUT2D eigenvalue weighted by Gasteiger charge is -2.36. The summed E-state index contributed by atoms with van der Waals surface area (Å²) >= 11 is 5.43. The Bertz CT molecular complexity index is 1960. The van der Waals surface area contributed by atoms with Crippen LogP contribution in [-0.2, 0) is 19.8 Å². The number of hydrogen-bond acceptors (Lipinski definition) is 11. The van der Waals surface area contributed by atoms with Crippen molar-refractivity contribution in [1.82, 2.24) is 10.6 Å². The highest BCUT2D eigenvalue weighted by molar-refractivity contribution is 7.80. The second kappa shape index (κ2) is 16.0. The van der Waals surface area contributed by atoms with Gasteiger partial charge in [-0.15, -0.1) is 12.3 Å². The molecule has 0 fully saturated rings. The van der Waals surface area contributed by atoms with Gasteiger partial charge in [0.1, 0.15) is 28.7 Å². The number of rotatable bonds is 14. The molecule has 4 aromatic carbocycles. The zero-order valence-corrected chi connectivity index (χ0v) is 28.5. The predicted molar refractivity (Wildman–Crippen MR) is 192 cm³/mol. The van der Waals surface area contributed by atoms with Gasteiger partial charge < -0.3 is 55.0 Å². The first-order valence-electron chi connectivity index (χ1n) is 16.3. The number of hydrogen-bond donors (Lipinski definition) is 6. The van der Waals surface area contributed by atoms with E-state index in [2.05, 4.69) is 21.9 Å². The molecule has 6 rings (SSSR count). The molecule has 1 spiro atoms. The lowest BCUT2D eigenvalue weighted by molar-refractivity contribution is -0.221.